The molecule has 108 valence electrons. The first-order chi connectivity index (χ1) is 9.56. The van der Waals surface area contributed by atoms with Crippen LogP contribution in [0.2, 0.25) is 0 Å². The lowest BCUT2D eigenvalue weighted by molar-refractivity contribution is -0.127. The Bertz CT molecular complexity index is 554. The maximum atomic E-state index is 11.8. The van der Waals surface area contributed by atoms with E-state index >= 15 is 0 Å². The van der Waals surface area contributed by atoms with Crippen molar-refractivity contribution in [2.75, 3.05) is 19.4 Å². The number of nitrogens with zero attached hydrogens (tertiary/aromatic N) is 3. The van der Waals surface area contributed by atoms with E-state index in [4.69, 9.17) is 4.42 Å². The monoisotopic (exact) mass is 312 g/mol. The molecule has 0 aromatic carbocycles. The molecule has 2 rings (SSSR count). The molecule has 2 aromatic rings. The van der Waals surface area contributed by atoms with Crippen LogP contribution in [0.4, 0.5) is 5.13 Å². The second kappa shape index (κ2) is 6.76. The quantitative estimate of drug-likeness (QED) is 0.825. The van der Waals surface area contributed by atoms with E-state index < -0.39 is 0 Å². The first-order valence-corrected chi connectivity index (χ1v) is 7.73. The second-order valence-corrected chi connectivity index (χ2v) is 6.86. The third-order valence-electron chi connectivity index (χ3n) is 2.47. The van der Waals surface area contributed by atoms with E-state index in [0.717, 1.165) is 10.1 Å². The summed E-state index contributed by atoms with van der Waals surface area (Å²) in [6.07, 6.45) is 1.63. The minimum atomic E-state index is -0.170. The highest BCUT2D eigenvalue weighted by Crippen LogP contribution is 2.29. The van der Waals surface area contributed by atoms with Gasteiger partial charge in [-0.2, -0.15) is 0 Å². The number of thioether (sulfide) groups is 1. The highest BCUT2D eigenvalue weighted by Gasteiger charge is 2.18. The Hall–Kier alpha value is -1.54. The van der Waals surface area contributed by atoms with Crippen LogP contribution in [0.25, 0.3) is 0 Å². The number of carbonyl (C=O) groups is 1. The molecule has 0 saturated carbocycles. The fourth-order valence-corrected chi connectivity index (χ4v) is 3.51. The van der Waals surface area contributed by atoms with E-state index in [-0.39, 0.29) is 11.2 Å². The Morgan fingerprint density at radius 1 is 1.55 bits per heavy atom. The largest absolute Gasteiger partial charge is 0.467 e. The van der Waals surface area contributed by atoms with Gasteiger partial charge in [0.05, 0.1) is 18.1 Å². The van der Waals surface area contributed by atoms with Crippen molar-refractivity contribution in [3.05, 3.63) is 24.2 Å². The minimum Gasteiger partial charge on any atom is -0.467 e. The summed E-state index contributed by atoms with van der Waals surface area (Å²) in [5.41, 5.74) is 0. The van der Waals surface area contributed by atoms with Crippen LogP contribution in [0.1, 0.15) is 12.7 Å². The lowest BCUT2D eigenvalue weighted by atomic mass is 10.4. The maximum Gasteiger partial charge on any atom is 0.235 e. The predicted octanol–water partition coefficient (Wildman–Crippen LogP) is 2.31. The molecule has 0 radical (unpaired) electrons. The van der Waals surface area contributed by atoms with Crippen LogP contribution < -0.4 is 5.32 Å². The summed E-state index contributed by atoms with van der Waals surface area (Å²) in [5, 5.41) is 11.8. The van der Waals surface area contributed by atoms with Crippen molar-refractivity contribution in [1.82, 2.24) is 15.1 Å². The van der Waals surface area contributed by atoms with E-state index in [9.17, 15) is 4.79 Å². The van der Waals surface area contributed by atoms with Gasteiger partial charge in [-0.1, -0.05) is 23.1 Å². The van der Waals surface area contributed by atoms with Gasteiger partial charge in [0.25, 0.3) is 0 Å². The maximum absolute atomic E-state index is 11.8. The normalized spacial score (nSPS) is 12.2. The molecule has 2 heterocycles. The molecule has 8 heteroatoms. The number of nitrogens with one attached hydrogen (secondary N) is 1. The Morgan fingerprint density at radius 2 is 2.35 bits per heavy atom. The van der Waals surface area contributed by atoms with Crippen molar-refractivity contribution in [2.24, 2.45) is 0 Å². The summed E-state index contributed by atoms with van der Waals surface area (Å²) in [5.74, 6) is 0.904. The topological polar surface area (TPSA) is 71.3 Å². The molecular formula is C12H16N4O2S2. The van der Waals surface area contributed by atoms with Crippen molar-refractivity contribution in [2.45, 2.75) is 23.1 Å². The first-order valence-electron chi connectivity index (χ1n) is 6.04. The number of carbonyl (C=O) groups excluding carboxylic acids is 1. The van der Waals surface area contributed by atoms with Gasteiger partial charge in [0.2, 0.25) is 11.0 Å². The van der Waals surface area contributed by atoms with Gasteiger partial charge in [0.15, 0.2) is 4.34 Å². The minimum absolute atomic E-state index is 0.0651. The van der Waals surface area contributed by atoms with Gasteiger partial charge < -0.3 is 14.6 Å². The Labute approximate surface area is 125 Å². The molecular weight excluding hydrogens is 296 g/mol. The second-order valence-electron chi connectivity index (χ2n) is 4.30. The van der Waals surface area contributed by atoms with Crippen molar-refractivity contribution in [3.8, 4) is 0 Å². The molecule has 0 aliphatic rings. The SMILES string of the molecule is C[C@@H](Sc1nnc(NCc2ccco2)s1)C(=O)N(C)C. The molecule has 20 heavy (non-hydrogen) atoms. The van der Waals surface area contributed by atoms with Crippen LogP contribution in [-0.2, 0) is 11.3 Å². The van der Waals surface area contributed by atoms with Crippen LogP contribution in [0, 0.1) is 0 Å². The molecule has 1 N–H and O–H groups in total. The summed E-state index contributed by atoms with van der Waals surface area (Å²) >= 11 is 2.84. The molecule has 2 aromatic heterocycles. The van der Waals surface area contributed by atoms with E-state index in [0.29, 0.717) is 11.7 Å². The lowest BCUT2D eigenvalue weighted by Crippen LogP contribution is -2.29. The van der Waals surface area contributed by atoms with Crippen molar-refractivity contribution in [1.29, 1.82) is 0 Å². The van der Waals surface area contributed by atoms with Gasteiger partial charge in [-0.15, -0.1) is 10.2 Å². The Morgan fingerprint density at radius 3 is 3.00 bits per heavy atom. The van der Waals surface area contributed by atoms with Crippen molar-refractivity contribution >= 4 is 34.1 Å². The number of aromatic nitrogens is 2. The highest BCUT2D eigenvalue weighted by molar-refractivity contribution is 8.02. The van der Waals surface area contributed by atoms with Crippen molar-refractivity contribution < 1.29 is 9.21 Å². The van der Waals surface area contributed by atoms with Gasteiger partial charge in [-0.05, 0) is 19.1 Å². The molecule has 0 aliphatic heterocycles. The summed E-state index contributed by atoms with van der Waals surface area (Å²) < 4.78 is 6.00. The average Bonchev–Trinajstić information content (AvgIpc) is 3.06. The number of hydrogen-bond acceptors (Lipinski definition) is 7. The highest BCUT2D eigenvalue weighted by atomic mass is 32.2. The fourth-order valence-electron chi connectivity index (χ4n) is 1.47. The molecule has 0 fully saturated rings. The standard InChI is InChI=1S/C12H16N4O2S2/c1-8(10(17)16(2)3)19-12-15-14-11(20-12)13-7-9-5-4-6-18-9/h4-6,8H,7H2,1-3H3,(H,13,14)/t8-/m1/s1. The predicted molar refractivity (Wildman–Crippen MR) is 80.0 cm³/mol. The zero-order valence-electron chi connectivity index (χ0n) is 11.5. The summed E-state index contributed by atoms with van der Waals surface area (Å²) in [6.45, 7) is 2.43. The Kier molecular flexibility index (Phi) is 5.02. The molecule has 0 spiro atoms. The van der Waals surface area contributed by atoms with E-state index in [1.165, 1.54) is 23.1 Å². The average molecular weight is 312 g/mol. The summed E-state index contributed by atoms with van der Waals surface area (Å²) in [4.78, 5) is 13.3. The van der Waals surface area contributed by atoms with E-state index in [1.54, 1.807) is 25.3 Å². The summed E-state index contributed by atoms with van der Waals surface area (Å²) in [6, 6.07) is 3.73. The van der Waals surface area contributed by atoms with Crippen LogP contribution in [0.5, 0.6) is 0 Å². The molecule has 0 aliphatic carbocycles. The summed E-state index contributed by atoms with van der Waals surface area (Å²) in [7, 11) is 3.49. The van der Waals surface area contributed by atoms with Crippen LogP contribution in [0.15, 0.2) is 27.2 Å². The fraction of sp³-hybridized carbons (Fsp3) is 0.417. The number of furan rings is 1. The zero-order valence-corrected chi connectivity index (χ0v) is 13.1. The molecule has 6 nitrogen and oxygen atoms in total. The molecule has 0 unspecified atom stereocenters. The van der Waals surface area contributed by atoms with Gasteiger partial charge in [0.1, 0.15) is 5.76 Å². The van der Waals surface area contributed by atoms with Crippen LogP contribution in [-0.4, -0.2) is 40.3 Å². The first kappa shape index (κ1) is 14.9. The van der Waals surface area contributed by atoms with E-state index in [2.05, 4.69) is 15.5 Å². The van der Waals surface area contributed by atoms with Crippen LogP contribution in [0.3, 0.4) is 0 Å². The lowest BCUT2D eigenvalue weighted by Gasteiger charge is -2.14. The number of amides is 1. The van der Waals surface area contributed by atoms with Gasteiger partial charge in [0, 0.05) is 14.1 Å². The molecule has 1 amide bonds. The Balaban J connectivity index is 1.87. The number of rotatable bonds is 6. The number of hydrogen-bond donors (Lipinski definition) is 1. The number of anilines is 1. The van der Waals surface area contributed by atoms with Gasteiger partial charge >= 0.3 is 0 Å². The third kappa shape index (κ3) is 3.97. The van der Waals surface area contributed by atoms with Crippen LogP contribution >= 0.6 is 23.1 Å². The zero-order chi connectivity index (χ0) is 14.5. The van der Waals surface area contributed by atoms with Crippen molar-refractivity contribution in [3.63, 3.8) is 0 Å². The molecule has 0 bridgehead atoms. The smallest absolute Gasteiger partial charge is 0.235 e. The molecule has 1 atom stereocenters. The van der Waals surface area contributed by atoms with Gasteiger partial charge in [-0.25, -0.2) is 0 Å². The van der Waals surface area contributed by atoms with E-state index in [1.807, 2.05) is 19.1 Å². The van der Waals surface area contributed by atoms with Gasteiger partial charge in [-0.3, -0.25) is 4.79 Å². The molecule has 0 saturated heterocycles. The third-order valence-corrected chi connectivity index (χ3v) is 4.52.